The number of amides is 1. The van der Waals surface area contributed by atoms with Gasteiger partial charge in [0, 0.05) is 18.4 Å². The predicted molar refractivity (Wildman–Crippen MR) is 82.1 cm³/mol. The molecule has 2 fully saturated rings. The average molecular weight is 338 g/mol. The van der Waals surface area contributed by atoms with Crippen molar-refractivity contribution in [3.63, 3.8) is 0 Å². The summed E-state index contributed by atoms with van der Waals surface area (Å²) in [6.45, 7) is 3.44. The second kappa shape index (κ2) is 5.49. The van der Waals surface area contributed by atoms with Crippen LogP contribution >= 0.6 is 15.9 Å². The van der Waals surface area contributed by atoms with Gasteiger partial charge >= 0.3 is 0 Å². The molecule has 0 bridgehead atoms. The van der Waals surface area contributed by atoms with E-state index in [1.165, 1.54) is 5.56 Å². The standard InChI is InChI=1S/C16H20BrNO2/c1-12-10-18(11-14(9-17)20-12)15(19)16(7-8-16)13-5-3-2-4-6-13/h2-6,12,14H,7-11H2,1H3. The van der Waals surface area contributed by atoms with Gasteiger partial charge in [0.05, 0.1) is 17.6 Å². The van der Waals surface area contributed by atoms with Crippen molar-refractivity contribution in [1.29, 1.82) is 0 Å². The Labute approximate surface area is 128 Å². The lowest BCUT2D eigenvalue weighted by molar-refractivity contribution is -0.145. The Bertz CT molecular complexity index is 487. The van der Waals surface area contributed by atoms with Gasteiger partial charge in [-0.05, 0) is 25.3 Å². The minimum Gasteiger partial charge on any atom is -0.371 e. The fourth-order valence-electron chi connectivity index (χ4n) is 3.11. The van der Waals surface area contributed by atoms with Crippen LogP contribution in [0.2, 0.25) is 0 Å². The first kappa shape index (κ1) is 14.1. The van der Waals surface area contributed by atoms with Gasteiger partial charge in [-0.2, -0.15) is 0 Å². The van der Waals surface area contributed by atoms with Crippen LogP contribution in [-0.4, -0.2) is 41.4 Å². The number of hydrogen-bond acceptors (Lipinski definition) is 2. The van der Waals surface area contributed by atoms with E-state index in [-0.39, 0.29) is 23.5 Å². The zero-order valence-corrected chi connectivity index (χ0v) is 13.3. The van der Waals surface area contributed by atoms with E-state index >= 15 is 0 Å². The number of alkyl halides is 1. The fraction of sp³-hybridized carbons (Fsp3) is 0.562. The van der Waals surface area contributed by atoms with Crippen molar-refractivity contribution < 1.29 is 9.53 Å². The minimum atomic E-state index is -0.255. The van der Waals surface area contributed by atoms with Crippen LogP contribution in [0.25, 0.3) is 0 Å². The van der Waals surface area contributed by atoms with Crippen LogP contribution in [0, 0.1) is 0 Å². The summed E-state index contributed by atoms with van der Waals surface area (Å²) in [4.78, 5) is 14.9. The van der Waals surface area contributed by atoms with Gasteiger partial charge in [-0.3, -0.25) is 4.79 Å². The van der Waals surface area contributed by atoms with Gasteiger partial charge in [-0.15, -0.1) is 0 Å². The number of ether oxygens (including phenoxy) is 1. The molecule has 1 saturated carbocycles. The number of halogens is 1. The van der Waals surface area contributed by atoms with Gasteiger partial charge in [0.2, 0.25) is 5.91 Å². The third-order valence-corrected chi connectivity index (χ3v) is 4.99. The number of benzene rings is 1. The highest BCUT2D eigenvalue weighted by molar-refractivity contribution is 9.09. The second-order valence-corrected chi connectivity index (χ2v) is 6.53. The van der Waals surface area contributed by atoms with Crippen LogP contribution in [0.1, 0.15) is 25.3 Å². The van der Waals surface area contributed by atoms with Gasteiger partial charge < -0.3 is 9.64 Å². The number of hydrogen-bond donors (Lipinski definition) is 0. The lowest BCUT2D eigenvalue weighted by Gasteiger charge is -2.38. The van der Waals surface area contributed by atoms with Crippen molar-refractivity contribution in [3.05, 3.63) is 35.9 Å². The zero-order chi connectivity index (χ0) is 14.2. The molecule has 1 saturated heterocycles. The van der Waals surface area contributed by atoms with Crippen molar-refractivity contribution in [2.75, 3.05) is 18.4 Å². The summed E-state index contributed by atoms with van der Waals surface area (Å²) in [6.07, 6.45) is 2.16. The third-order valence-electron chi connectivity index (χ3n) is 4.27. The van der Waals surface area contributed by atoms with E-state index < -0.39 is 0 Å². The number of carbonyl (C=O) groups excluding carboxylic acids is 1. The monoisotopic (exact) mass is 337 g/mol. The Hall–Kier alpha value is -0.870. The normalized spacial score (nSPS) is 28.2. The maximum atomic E-state index is 12.9. The van der Waals surface area contributed by atoms with E-state index in [1.54, 1.807) is 0 Å². The van der Waals surface area contributed by atoms with Crippen LogP contribution in [-0.2, 0) is 14.9 Å². The maximum Gasteiger partial charge on any atom is 0.233 e. The molecule has 108 valence electrons. The third kappa shape index (κ3) is 2.51. The number of morpholine rings is 1. The molecule has 0 radical (unpaired) electrons. The van der Waals surface area contributed by atoms with Crippen LogP contribution in [0.4, 0.5) is 0 Å². The molecule has 3 nitrogen and oxygen atoms in total. The van der Waals surface area contributed by atoms with Crippen LogP contribution in [0.15, 0.2) is 30.3 Å². The molecular weight excluding hydrogens is 318 g/mol. The van der Waals surface area contributed by atoms with Gasteiger partial charge in [0.1, 0.15) is 0 Å². The molecule has 1 heterocycles. The molecule has 20 heavy (non-hydrogen) atoms. The molecule has 1 amide bonds. The van der Waals surface area contributed by atoms with Crippen molar-refractivity contribution in [3.8, 4) is 0 Å². The maximum absolute atomic E-state index is 12.9. The average Bonchev–Trinajstić information content (AvgIpc) is 3.28. The van der Waals surface area contributed by atoms with E-state index in [2.05, 4.69) is 28.1 Å². The first-order valence-corrected chi connectivity index (χ1v) is 8.34. The minimum absolute atomic E-state index is 0.106. The topological polar surface area (TPSA) is 29.5 Å². The summed E-state index contributed by atoms with van der Waals surface area (Å²) in [7, 11) is 0. The van der Waals surface area contributed by atoms with Crippen molar-refractivity contribution in [1.82, 2.24) is 4.90 Å². The van der Waals surface area contributed by atoms with E-state index in [4.69, 9.17) is 4.74 Å². The van der Waals surface area contributed by atoms with Gasteiger partial charge in [-0.25, -0.2) is 0 Å². The molecule has 1 aliphatic carbocycles. The van der Waals surface area contributed by atoms with E-state index in [9.17, 15) is 4.79 Å². The first-order valence-electron chi connectivity index (χ1n) is 7.22. The largest absolute Gasteiger partial charge is 0.371 e. The van der Waals surface area contributed by atoms with E-state index in [0.717, 1.165) is 18.2 Å². The van der Waals surface area contributed by atoms with Gasteiger partial charge in [-0.1, -0.05) is 46.3 Å². The van der Waals surface area contributed by atoms with Gasteiger partial charge in [0.25, 0.3) is 0 Å². The Morgan fingerprint density at radius 2 is 2.05 bits per heavy atom. The molecule has 2 unspecified atom stereocenters. The molecule has 0 N–H and O–H groups in total. The summed E-state index contributed by atoms with van der Waals surface area (Å²) in [6, 6.07) is 10.2. The highest BCUT2D eigenvalue weighted by Gasteiger charge is 2.53. The van der Waals surface area contributed by atoms with Crippen LogP contribution < -0.4 is 0 Å². The zero-order valence-electron chi connectivity index (χ0n) is 11.7. The van der Waals surface area contributed by atoms with E-state index in [0.29, 0.717) is 13.1 Å². The molecule has 1 aromatic rings. The van der Waals surface area contributed by atoms with E-state index in [1.807, 2.05) is 30.0 Å². The van der Waals surface area contributed by atoms with Crippen molar-refractivity contribution in [2.45, 2.75) is 37.4 Å². The molecule has 3 rings (SSSR count). The Morgan fingerprint density at radius 1 is 1.35 bits per heavy atom. The Balaban J connectivity index is 1.79. The van der Waals surface area contributed by atoms with Crippen molar-refractivity contribution >= 4 is 21.8 Å². The molecule has 1 aliphatic heterocycles. The molecule has 0 aromatic heterocycles. The lowest BCUT2D eigenvalue weighted by atomic mass is 9.94. The molecule has 4 heteroatoms. The summed E-state index contributed by atoms with van der Waals surface area (Å²) < 4.78 is 5.81. The lowest BCUT2D eigenvalue weighted by Crippen LogP contribution is -2.52. The van der Waals surface area contributed by atoms with Crippen LogP contribution in [0.5, 0.6) is 0 Å². The number of rotatable bonds is 3. The molecule has 2 atom stereocenters. The summed E-state index contributed by atoms with van der Waals surface area (Å²) in [5.41, 5.74) is 0.911. The quantitative estimate of drug-likeness (QED) is 0.793. The number of carbonyl (C=O) groups is 1. The van der Waals surface area contributed by atoms with Crippen LogP contribution in [0.3, 0.4) is 0 Å². The number of nitrogens with zero attached hydrogens (tertiary/aromatic N) is 1. The molecule has 2 aliphatic rings. The Kier molecular flexibility index (Phi) is 3.87. The summed E-state index contributed by atoms with van der Waals surface area (Å²) in [5.74, 6) is 0.282. The fourth-order valence-corrected chi connectivity index (χ4v) is 3.46. The summed E-state index contributed by atoms with van der Waals surface area (Å²) in [5, 5.41) is 0.777. The predicted octanol–water partition coefficient (Wildman–Crippen LogP) is 2.73. The first-order chi connectivity index (χ1) is 9.65. The highest BCUT2D eigenvalue weighted by atomic mass is 79.9. The highest BCUT2D eigenvalue weighted by Crippen LogP contribution is 2.49. The smallest absolute Gasteiger partial charge is 0.233 e. The van der Waals surface area contributed by atoms with Gasteiger partial charge in [0.15, 0.2) is 0 Å². The second-order valence-electron chi connectivity index (χ2n) is 5.88. The Morgan fingerprint density at radius 3 is 2.65 bits per heavy atom. The molecule has 0 spiro atoms. The SMILES string of the molecule is CC1CN(C(=O)C2(c3ccccc3)CC2)CC(CBr)O1. The summed E-state index contributed by atoms with van der Waals surface area (Å²) >= 11 is 3.46. The molecule has 1 aromatic carbocycles. The molecular formula is C16H20BrNO2. The van der Waals surface area contributed by atoms with Crippen molar-refractivity contribution in [2.24, 2.45) is 0 Å².